The summed E-state index contributed by atoms with van der Waals surface area (Å²) in [5.74, 6) is 1.06. The number of oxazole rings is 1. The second-order valence-corrected chi connectivity index (χ2v) is 5.16. The lowest BCUT2D eigenvalue weighted by Crippen LogP contribution is -2.42. The predicted octanol–water partition coefficient (Wildman–Crippen LogP) is 1.28. The summed E-state index contributed by atoms with van der Waals surface area (Å²) in [5, 5.41) is 0. The Hall–Kier alpha value is -1.36. The number of piperidine rings is 1. The van der Waals surface area contributed by atoms with Crippen molar-refractivity contribution in [3.8, 4) is 0 Å². The highest BCUT2D eigenvalue weighted by atomic mass is 16.3. The smallest absolute Gasteiger partial charge is 0.226 e. The van der Waals surface area contributed by atoms with Crippen molar-refractivity contribution in [2.45, 2.75) is 26.3 Å². The monoisotopic (exact) mass is 251 g/mol. The summed E-state index contributed by atoms with van der Waals surface area (Å²) >= 11 is 0. The van der Waals surface area contributed by atoms with E-state index in [0.717, 1.165) is 38.2 Å². The first-order valence-corrected chi connectivity index (χ1v) is 6.41. The molecule has 1 unspecified atom stereocenters. The molecule has 100 valence electrons. The summed E-state index contributed by atoms with van der Waals surface area (Å²) < 4.78 is 5.21. The second-order valence-electron chi connectivity index (χ2n) is 5.16. The molecule has 5 heteroatoms. The van der Waals surface area contributed by atoms with Gasteiger partial charge in [0.15, 0.2) is 5.89 Å². The highest BCUT2D eigenvalue weighted by molar-refractivity contribution is 5.78. The summed E-state index contributed by atoms with van der Waals surface area (Å²) in [4.78, 5) is 20.2. The SMILES string of the molecule is Cc1nc(CN2CCCC(C(=O)N(C)C)C2)co1. The molecule has 0 aromatic carbocycles. The van der Waals surface area contributed by atoms with Gasteiger partial charge in [0.05, 0.1) is 11.6 Å². The minimum atomic E-state index is 0.127. The van der Waals surface area contributed by atoms with E-state index < -0.39 is 0 Å². The standard InChI is InChI=1S/C13H21N3O2/c1-10-14-12(9-18-10)8-16-6-4-5-11(7-16)13(17)15(2)3/h9,11H,4-8H2,1-3H3. The number of aryl methyl sites for hydroxylation is 1. The summed E-state index contributed by atoms with van der Waals surface area (Å²) in [6, 6.07) is 0. The fourth-order valence-electron chi connectivity index (χ4n) is 2.48. The van der Waals surface area contributed by atoms with E-state index in [9.17, 15) is 4.79 Å². The molecule has 0 N–H and O–H groups in total. The quantitative estimate of drug-likeness (QED) is 0.812. The molecule has 18 heavy (non-hydrogen) atoms. The summed E-state index contributed by atoms with van der Waals surface area (Å²) in [7, 11) is 3.64. The van der Waals surface area contributed by atoms with Crippen LogP contribution in [0, 0.1) is 12.8 Å². The first-order chi connectivity index (χ1) is 8.56. The van der Waals surface area contributed by atoms with E-state index in [-0.39, 0.29) is 11.8 Å². The van der Waals surface area contributed by atoms with E-state index in [2.05, 4.69) is 9.88 Å². The molecule has 0 spiro atoms. The normalized spacial score (nSPS) is 20.9. The van der Waals surface area contributed by atoms with Crippen molar-refractivity contribution in [1.29, 1.82) is 0 Å². The van der Waals surface area contributed by atoms with Crippen LogP contribution in [0.2, 0.25) is 0 Å². The number of hydrogen-bond donors (Lipinski definition) is 0. The van der Waals surface area contributed by atoms with Crippen LogP contribution in [0.15, 0.2) is 10.7 Å². The Kier molecular flexibility index (Phi) is 4.01. The molecule has 0 aliphatic carbocycles. The van der Waals surface area contributed by atoms with Crippen molar-refractivity contribution in [3.63, 3.8) is 0 Å². The molecule has 0 saturated carbocycles. The summed E-state index contributed by atoms with van der Waals surface area (Å²) in [5.41, 5.74) is 0.949. The zero-order valence-corrected chi connectivity index (χ0v) is 11.3. The van der Waals surface area contributed by atoms with E-state index in [0.29, 0.717) is 5.89 Å². The van der Waals surface area contributed by atoms with Crippen LogP contribution in [0.25, 0.3) is 0 Å². The number of aromatic nitrogens is 1. The molecule has 0 radical (unpaired) electrons. The molecule has 1 atom stereocenters. The molecule has 2 heterocycles. The number of likely N-dealkylation sites (tertiary alicyclic amines) is 1. The lowest BCUT2D eigenvalue weighted by Gasteiger charge is -2.32. The van der Waals surface area contributed by atoms with Gasteiger partial charge in [0.1, 0.15) is 6.26 Å². The van der Waals surface area contributed by atoms with Gasteiger partial charge in [-0.15, -0.1) is 0 Å². The number of nitrogens with zero attached hydrogens (tertiary/aromatic N) is 3. The van der Waals surface area contributed by atoms with Crippen molar-refractivity contribution in [2.75, 3.05) is 27.2 Å². The fourth-order valence-corrected chi connectivity index (χ4v) is 2.48. The summed E-state index contributed by atoms with van der Waals surface area (Å²) in [6.07, 6.45) is 3.76. The third-order valence-corrected chi connectivity index (χ3v) is 3.35. The van der Waals surface area contributed by atoms with Crippen LogP contribution in [0.5, 0.6) is 0 Å². The molecule has 1 aliphatic rings. The Morgan fingerprint density at radius 1 is 1.61 bits per heavy atom. The first-order valence-electron chi connectivity index (χ1n) is 6.41. The van der Waals surface area contributed by atoms with Gasteiger partial charge in [-0.2, -0.15) is 0 Å². The van der Waals surface area contributed by atoms with E-state index in [1.165, 1.54) is 0 Å². The average molecular weight is 251 g/mol. The minimum Gasteiger partial charge on any atom is -0.449 e. The Morgan fingerprint density at radius 3 is 3.00 bits per heavy atom. The van der Waals surface area contributed by atoms with Crippen LogP contribution in [0.1, 0.15) is 24.4 Å². The molecule has 2 rings (SSSR count). The van der Waals surface area contributed by atoms with Crippen LogP contribution >= 0.6 is 0 Å². The third kappa shape index (κ3) is 3.10. The maximum atomic E-state index is 12.0. The van der Waals surface area contributed by atoms with Crippen LogP contribution in [0.3, 0.4) is 0 Å². The van der Waals surface area contributed by atoms with E-state index in [1.54, 1.807) is 11.2 Å². The van der Waals surface area contributed by atoms with E-state index in [4.69, 9.17) is 4.42 Å². The molecule has 1 aromatic rings. The molecule has 0 bridgehead atoms. The maximum absolute atomic E-state index is 12.0. The third-order valence-electron chi connectivity index (χ3n) is 3.35. The van der Waals surface area contributed by atoms with Gasteiger partial charge in [-0.25, -0.2) is 4.98 Å². The highest BCUT2D eigenvalue weighted by Crippen LogP contribution is 2.19. The van der Waals surface area contributed by atoms with Gasteiger partial charge in [0, 0.05) is 34.1 Å². The largest absolute Gasteiger partial charge is 0.449 e. The maximum Gasteiger partial charge on any atom is 0.226 e. The Bertz CT molecular complexity index is 414. The lowest BCUT2D eigenvalue weighted by molar-refractivity contribution is -0.134. The molecule has 1 fully saturated rings. The van der Waals surface area contributed by atoms with Gasteiger partial charge in [0.25, 0.3) is 0 Å². The van der Waals surface area contributed by atoms with Gasteiger partial charge in [0.2, 0.25) is 5.91 Å². The van der Waals surface area contributed by atoms with Gasteiger partial charge in [-0.1, -0.05) is 0 Å². The average Bonchev–Trinajstić information content (AvgIpc) is 2.74. The number of rotatable bonds is 3. The Balaban J connectivity index is 1.92. The van der Waals surface area contributed by atoms with Crippen molar-refractivity contribution in [3.05, 3.63) is 17.8 Å². The number of carbonyl (C=O) groups excluding carboxylic acids is 1. The Morgan fingerprint density at radius 2 is 2.39 bits per heavy atom. The van der Waals surface area contributed by atoms with Crippen molar-refractivity contribution in [2.24, 2.45) is 5.92 Å². The zero-order chi connectivity index (χ0) is 13.1. The molecule has 1 aliphatic heterocycles. The second kappa shape index (κ2) is 5.52. The first kappa shape index (κ1) is 13.1. The van der Waals surface area contributed by atoms with Crippen molar-refractivity contribution < 1.29 is 9.21 Å². The van der Waals surface area contributed by atoms with Gasteiger partial charge in [-0.05, 0) is 19.4 Å². The minimum absolute atomic E-state index is 0.127. The van der Waals surface area contributed by atoms with E-state index in [1.807, 2.05) is 21.0 Å². The lowest BCUT2D eigenvalue weighted by atomic mass is 9.96. The molecule has 5 nitrogen and oxygen atoms in total. The van der Waals surface area contributed by atoms with Gasteiger partial charge >= 0.3 is 0 Å². The van der Waals surface area contributed by atoms with Gasteiger partial charge < -0.3 is 9.32 Å². The molecular weight excluding hydrogens is 230 g/mol. The van der Waals surface area contributed by atoms with Crippen molar-refractivity contribution in [1.82, 2.24) is 14.8 Å². The molecule has 1 saturated heterocycles. The van der Waals surface area contributed by atoms with Crippen molar-refractivity contribution >= 4 is 5.91 Å². The fraction of sp³-hybridized carbons (Fsp3) is 0.692. The number of amides is 1. The molecule has 1 aromatic heterocycles. The van der Waals surface area contributed by atoms with Gasteiger partial charge in [-0.3, -0.25) is 9.69 Å². The number of hydrogen-bond acceptors (Lipinski definition) is 4. The number of carbonyl (C=O) groups is 1. The van der Waals surface area contributed by atoms with Crippen LogP contribution in [-0.2, 0) is 11.3 Å². The highest BCUT2D eigenvalue weighted by Gasteiger charge is 2.27. The molecule has 1 amide bonds. The van der Waals surface area contributed by atoms with Crippen LogP contribution < -0.4 is 0 Å². The summed E-state index contributed by atoms with van der Waals surface area (Å²) in [6.45, 7) is 4.47. The van der Waals surface area contributed by atoms with E-state index >= 15 is 0 Å². The Labute approximate surface area is 108 Å². The predicted molar refractivity (Wildman–Crippen MR) is 67.9 cm³/mol. The van der Waals surface area contributed by atoms with Crippen LogP contribution in [0.4, 0.5) is 0 Å². The topological polar surface area (TPSA) is 49.6 Å². The molecular formula is C13H21N3O2. The zero-order valence-electron chi connectivity index (χ0n) is 11.3. The van der Waals surface area contributed by atoms with Crippen LogP contribution in [-0.4, -0.2) is 47.9 Å².